The Hall–Kier alpha value is -0.910. The summed E-state index contributed by atoms with van der Waals surface area (Å²) in [6, 6.07) is 6.22. The molecule has 2 aliphatic heterocycles. The highest BCUT2D eigenvalue weighted by atomic mass is 79.9. The Labute approximate surface area is 128 Å². The number of rotatable bonds is 2. The highest BCUT2D eigenvalue weighted by molar-refractivity contribution is 9.10. The van der Waals surface area contributed by atoms with Crippen molar-refractivity contribution in [3.63, 3.8) is 0 Å². The molecular weight excluding hydrogens is 318 g/mol. The van der Waals surface area contributed by atoms with Crippen LogP contribution in [0.1, 0.15) is 5.56 Å². The highest BCUT2D eigenvalue weighted by Gasteiger charge is 2.26. The second-order valence-electron chi connectivity index (χ2n) is 5.65. The summed E-state index contributed by atoms with van der Waals surface area (Å²) in [6.07, 6.45) is 0.969. The summed E-state index contributed by atoms with van der Waals surface area (Å²) < 4.78 is 1.04. The van der Waals surface area contributed by atoms with Crippen molar-refractivity contribution in [3.8, 4) is 0 Å². The maximum Gasteiger partial charge on any atom is 0.241 e. The zero-order valence-corrected chi connectivity index (χ0v) is 13.4. The molecule has 20 heavy (non-hydrogen) atoms. The second-order valence-corrected chi connectivity index (χ2v) is 6.56. The number of nitrogens with zero attached hydrogens (tertiary/aromatic N) is 3. The molecule has 0 radical (unpaired) electrons. The molecule has 4 nitrogen and oxygen atoms in total. The molecule has 0 N–H and O–H groups in total. The minimum atomic E-state index is 0.228. The quantitative estimate of drug-likeness (QED) is 0.819. The molecular formula is C15H20BrN3O. The SMILES string of the molecule is CN1CCN(CC(=O)N2CCc3ccc(Br)cc32)CC1. The molecule has 0 unspecified atom stereocenters. The molecule has 2 aliphatic rings. The van der Waals surface area contributed by atoms with Gasteiger partial charge in [-0.25, -0.2) is 0 Å². The number of hydrogen-bond acceptors (Lipinski definition) is 3. The van der Waals surface area contributed by atoms with E-state index in [1.54, 1.807) is 0 Å². The molecule has 108 valence electrons. The Morgan fingerprint density at radius 1 is 1.20 bits per heavy atom. The molecule has 0 aromatic heterocycles. The Morgan fingerprint density at radius 3 is 2.70 bits per heavy atom. The lowest BCUT2D eigenvalue weighted by Crippen LogP contribution is -2.48. The largest absolute Gasteiger partial charge is 0.311 e. The lowest BCUT2D eigenvalue weighted by atomic mass is 10.2. The molecule has 0 saturated carbocycles. The fourth-order valence-corrected chi connectivity index (χ4v) is 3.24. The van der Waals surface area contributed by atoms with E-state index >= 15 is 0 Å². The smallest absolute Gasteiger partial charge is 0.241 e. The summed E-state index contributed by atoms with van der Waals surface area (Å²) in [5.74, 6) is 0.228. The average molecular weight is 338 g/mol. The van der Waals surface area contributed by atoms with Crippen molar-refractivity contribution >= 4 is 27.5 Å². The van der Waals surface area contributed by atoms with Crippen LogP contribution in [-0.2, 0) is 11.2 Å². The third-order valence-electron chi connectivity index (χ3n) is 4.20. The van der Waals surface area contributed by atoms with Crippen LogP contribution in [0.2, 0.25) is 0 Å². The number of carbonyl (C=O) groups is 1. The predicted molar refractivity (Wildman–Crippen MR) is 84.1 cm³/mol. The third kappa shape index (κ3) is 2.90. The fraction of sp³-hybridized carbons (Fsp3) is 0.533. The van der Waals surface area contributed by atoms with Crippen molar-refractivity contribution in [1.82, 2.24) is 9.80 Å². The summed E-state index contributed by atoms with van der Waals surface area (Å²) in [6.45, 7) is 5.44. The predicted octanol–water partition coefficient (Wildman–Crippen LogP) is 1.59. The second kappa shape index (κ2) is 5.84. The minimum absolute atomic E-state index is 0.228. The van der Waals surface area contributed by atoms with Crippen LogP contribution in [-0.4, -0.2) is 62.0 Å². The number of piperazine rings is 1. The molecule has 1 saturated heterocycles. The summed E-state index contributed by atoms with van der Waals surface area (Å²) in [5, 5.41) is 0. The van der Waals surface area contributed by atoms with Crippen molar-refractivity contribution in [2.75, 3.05) is 51.2 Å². The van der Waals surface area contributed by atoms with E-state index in [-0.39, 0.29) is 5.91 Å². The van der Waals surface area contributed by atoms with Gasteiger partial charge in [-0.15, -0.1) is 0 Å². The summed E-state index contributed by atoms with van der Waals surface area (Å²) in [5.41, 5.74) is 2.36. The molecule has 5 heteroatoms. The van der Waals surface area contributed by atoms with Gasteiger partial charge in [-0.1, -0.05) is 22.0 Å². The first-order chi connectivity index (χ1) is 9.63. The van der Waals surface area contributed by atoms with Gasteiger partial charge in [-0.2, -0.15) is 0 Å². The molecule has 0 bridgehead atoms. The molecule has 1 amide bonds. The number of benzene rings is 1. The molecule has 1 fully saturated rings. The van der Waals surface area contributed by atoms with E-state index in [1.807, 2.05) is 11.0 Å². The molecule has 0 aliphatic carbocycles. The maximum atomic E-state index is 12.5. The zero-order valence-electron chi connectivity index (χ0n) is 11.8. The number of halogens is 1. The normalized spacial score (nSPS) is 20.2. The van der Waals surface area contributed by atoms with Crippen LogP contribution < -0.4 is 4.90 Å². The number of fused-ring (bicyclic) bond motifs is 1. The van der Waals surface area contributed by atoms with Crippen LogP contribution in [0, 0.1) is 0 Å². The monoisotopic (exact) mass is 337 g/mol. The summed E-state index contributed by atoms with van der Waals surface area (Å²) in [4.78, 5) is 19.0. The highest BCUT2D eigenvalue weighted by Crippen LogP contribution is 2.31. The number of anilines is 1. The van der Waals surface area contributed by atoms with Crippen LogP contribution in [0.5, 0.6) is 0 Å². The van der Waals surface area contributed by atoms with Crippen LogP contribution >= 0.6 is 15.9 Å². The molecule has 1 aromatic rings. The molecule has 0 spiro atoms. The van der Waals surface area contributed by atoms with Gasteiger partial charge in [0.1, 0.15) is 0 Å². The van der Waals surface area contributed by atoms with Crippen LogP contribution in [0.25, 0.3) is 0 Å². The van der Waals surface area contributed by atoms with Gasteiger partial charge >= 0.3 is 0 Å². The van der Waals surface area contributed by atoms with E-state index in [9.17, 15) is 4.79 Å². The lowest BCUT2D eigenvalue weighted by molar-refractivity contribution is -0.120. The van der Waals surface area contributed by atoms with Crippen molar-refractivity contribution in [2.45, 2.75) is 6.42 Å². The Kier molecular flexibility index (Phi) is 4.10. The first-order valence-corrected chi connectivity index (χ1v) is 7.92. The molecule has 2 heterocycles. The van der Waals surface area contributed by atoms with Crippen LogP contribution in [0.15, 0.2) is 22.7 Å². The van der Waals surface area contributed by atoms with Gasteiger partial charge in [0, 0.05) is 42.9 Å². The molecule has 1 aromatic carbocycles. The van der Waals surface area contributed by atoms with E-state index in [0.29, 0.717) is 6.54 Å². The van der Waals surface area contributed by atoms with Crippen molar-refractivity contribution in [3.05, 3.63) is 28.2 Å². The van der Waals surface area contributed by atoms with Gasteiger partial charge in [0.15, 0.2) is 0 Å². The zero-order chi connectivity index (χ0) is 14.1. The fourth-order valence-electron chi connectivity index (χ4n) is 2.89. The van der Waals surface area contributed by atoms with Crippen LogP contribution in [0.3, 0.4) is 0 Å². The van der Waals surface area contributed by atoms with E-state index in [1.165, 1.54) is 5.56 Å². The van der Waals surface area contributed by atoms with Gasteiger partial charge in [-0.3, -0.25) is 9.69 Å². The Morgan fingerprint density at radius 2 is 1.95 bits per heavy atom. The first-order valence-electron chi connectivity index (χ1n) is 7.13. The average Bonchev–Trinajstić information content (AvgIpc) is 2.84. The van der Waals surface area contributed by atoms with Crippen molar-refractivity contribution in [1.29, 1.82) is 0 Å². The third-order valence-corrected chi connectivity index (χ3v) is 4.69. The standard InChI is InChI=1S/C15H20BrN3O/c1-17-6-8-18(9-7-17)11-15(20)19-5-4-12-2-3-13(16)10-14(12)19/h2-3,10H,4-9,11H2,1H3. The van der Waals surface area contributed by atoms with Crippen molar-refractivity contribution < 1.29 is 4.79 Å². The van der Waals surface area contributed by atoms with E-state index < -0.39 is 0 Å². The van der Waals surface area contributed by atoms with Gasteiger partial charge in [0.2, 0.25) is 5.91 Å². The van der Waals surface area contributed by atoms with Crippen LogP contribution in [0.4, 0.5) is 5.69 Å². The molecule has 3 rings (SSSR count). The maximum absolute atomic E-state index is 12.5. The van der Waals surface area contributed by atoms with Gasteiger partial charge in [0.05, 0.1) is 6.54 Å². The lowest BCUT2D eigenvalue weighted by Gasteiger charge is -2.32. The summed E-state index contributed by atoms with van der Waals surface area (Å²) in [7, 11) is 2.13. The van der Waals surface area contributed by atoms with Gasteiger partial charge in [-0.05, 0) is 31.2 Å². The number of carbonyl (C=O) groups excluding carboxylic acids is 1. The van der Waals surface area contributed by atoms with E-state index in [4.69, 9.17) is 0 Å². The van der Waals surface area contributed by atoms with Gasteiger partial charge in [0.25, 0.3) is 0 Å². The number of hydrogen-bond donors (Lipinski definition) is 0. The number of amides is 1. The van der Waals surface area contributed by atoms with E-state index in [2.05, 4.69) is 44.9 Å². The van der Waals surface area contributed by atoms with Gasteiger partial charge < -0.3 is 9.80 Å². The first kappa shape index (κ1) is 14.0. The Balaban J connectivity index is 1.66. The van der Waals surface area contributed by atoms with E-state index in [0.717, 1.165) is 49.3 Å². The number of likely N-dealkylation sites (N-methyl/N-ethyl adjacent to an activating group) is 1. The molecule has 0 atom stereocenters. The minimum Gasteiger partial charge on any atom is -0.311 e. The topological polar surface area (TPSA) is 26.8 Å². The summed E-state index contributed by atoms with van der Waals surface area (Å²) >= 11 is 3.49. The van der Waals surface area contributed by atoms with Crippen molar-refractivity contribution in [2.24, 2.45) is 0 Å². The Bertz CT molecular complexity index is 512.